The summed E-state index contributed by atoms with van der Waals surface area (Å²) in [6.45, 7) is 1.44. The molecular weight excluding hydrogens is 460 g/mol. The van der Waals surface area contributed by atoms with Gasteiger partial charge in [0.05, 0.1) is 9.79 Å². The van der Waals surface area contributed by atoms with E-state index in [2.05, 4.69) is 15.9 Å². The largest absolute Gasteiger partial charge is 0.368 e. The lowest BCUT2D eigenvalue weighted by Gasteiger charge is -2.35. The number of hydrogen-bond acceptors (Lipinski definition) is 6. The van der Waals surface area contributed by atoms with Crippen LogP contribution in [0.25, 0.3) is 0 Å². The lowest BCUT2D eigenvalue weighted by atomic mass is 10.2. The average molecular weight is 481 g/mol. The van der Waals surface area contributed by atoms with Gasteiger partial charge in [-0.2, -0.15) is 4.31 Å². The van der Waals surface area contributed by atoms with Crippen LogP contribution < -0.4 is 0 Å². The summed E-state index contributed by atoms with van der Waals surface area (Å²) in [7, 11) is -7.42. The Hall–Kier alpha value is -1.01. The summed E-state index contributed by atoms with van der Waals surface area (Å²) in [6.07, 6.45) is 2.16. The van der Waals surface area contributed by atoms with Crippen molar-refractivity contribution >= 4 is 41.7 Å². The summed E-state index contributed by atoms with van der Waals surface area (Å²) in [5.74, 6) is -0.0928. The van der Waals surface area contributed by atoms with Crippen LogP contribution in [0.3, 0.4) is 0 Å². The normalized spacial score (nSPS) is 22.1. The molecule has 2 aliphatic rings. The van der Waals surface area contributed by atoms with Crippen molar-refractivity contribution in [2.75, 3.05) is 39.0 Å². The smallest absolute Gasteiger partial charge is 0.251 e. The van der Waals surface area contributed by atoms with Gasteiger partial charge in [0.25, 0.3) is 5.91 Å². The van der Waals surface area contributed by atoms with Gasteiger partial charge in [-0.15, -0.1) is 0 Å². The monoisotopic (exact) mass is 480 g/mol. The maximum absolute atomic E-state index is 13.0. The second-order valence-corrected chi connectivity index (χ2v) is 11.4. The van der Waals surface area contributed by atoms with Crippen molar-refractivity contribution in [3.8, 4) is 0 Å². The summed E-state index contributed by atoms with van der Waals surface area (Å²) in [5.41, 5.74) is 0. The number of rotatable bonds is 4. The van der Waals surface area contributed by atoms with E-state index in [1.165, 1.54) is 22.5 Å². The van der Waals surface area contributed by atoms with Crippen molar-refractivity contribution in [1.29, 1.82) is 0 Å². The molecule has 0 radical (unpaired) electrons. The molecule has 1 atom stereocenters. The summed E-state index contributed by atoms with van der Waals surface area (Å²) < 4.78 is 56.5. The van der Waals surface area contributed by atoms with Gasteiger partial charge in [-0.25, -0.2) is 16.8 Å². The molecule has 3 rings (SSSR count). The summed E-state index contributed by atoms with van der Waals surface area (Å²) in [6, 6.07) is 3.94. The second-order valence-electron chi connectivity index (χ2n) is 6.60. The maximum atomic E-state index is 13.0. The van der Waals surface area contributed by atoms with Crippen molar-refractivity contribution in [2.24, 2.45) is 0 Å². The molecule has 0 aliphatic carbocycles. The van der Waals surface area contributed by atoms with E-state index in [1.807, 2.05) is 0 Å². The first-order valence-electron chi connectivity index (χ1n) is 8.51. The molecule has 0 aromatic heterocycles. The molecule has 2 fully saturated rings. The molecule has 0 bridgehead atoms. The first-order chi connectivity index (χ1) is 12.6. The Bertz CT molecular complexity index is 934. The predicted octanol–water partition coefficient (Wildman–Crippen LogP) is 0.865. The first kappa shape index (κ1) is 20.7. The van der Waals surface area contributed by atoms with Gasteiger partial charge in [-0.3, -0.25) is 4.79 Å². The number of hydrogen-bond donors (Lipinski definition) is 0. The van der Waals surface area contributed by atoms with E-state index < -0.39 is 26.0 Å². The second kappa shape index (κ2) is 7.78. The van der Waals surface area contributed by atoms with E-state index in [9.17, 15) is 21.6 Å². The van der Waals surface area contributed by atoms with Crippen LogP contribution in [-0.4, -0.2) is 77.1 Å². The van der Waals surface area contributed by atoms with Crippen LogP contribution in [0.4, 0.5) is 0 Å². The molecule has 1 aromatic carbocycles. The van der Waals surface area contributed by atoms with Crippen LogP contribution >= 0.6 is 15.9 Å². The van der Waals surface area contributed by atoms with Crippen LogP contribution in [0.1, 0.15) is 12.8 Å². The molecule has 0 spiro atoms. The molecular formula is C16H21BrN2O6S2. The van der Waals surface area contributed by atoms with Crippen LogP contribution in [0.5, 0.6) is 0 Å². The molecule has 150 valence electrons. The molecule has 1 amide bonds. The molecule has 11 heteroatoms. The Morgan fingerprint density at radius 2 is 1.81 bits per heavy atom. The summed E-state index contributed by atoms with van der Waals surface area (Å²) in [4.78, 5) is 13.9. The lowest BCUT2D eigenvalue weighted by Crippen LogP contribution is -2.52. The van der Waals surface area contributed by atoms with E-state index in [0.717, 1.165) is 12.7 Å². The highest BCUT2D eigenvalue weighted by molar-refractivity contribution is 9.10. The van der Waals surface area contributed by atoms with Crippen LogP contribution in [-0.2, 0) is 29.4 Å². The third-order valence-corrected chi connectivity index (χ3v) is 8.71. The number of sulfone groups is 1. The molecule has 8 nitrogen and oxygen atoms in total. The highest BCUT2D eigenvalue weighted by atomic mass is 79.9. The van der Waals surface area contributed by atoms with Crippen molar-refractivity contribution in [2.45, 2.75) is 28.7 Å². The minimum Gasteiger partial charge on any atom is -0.368 e. The Balaban J connectivity index is 1.76. The van der Waals surface area contributed by atoms with E-state index in [4.69, 9.17) is 4.74 Å². The number of carbonyl (C=O) groups is 1. The quantitative estimate of drug-likeness (QED) is 0.633. The third-order valence-electron chi connectivity index (χ3n) is 4.70. The number of sulfonamides is 1. The molecule has 0 N–H and O–H groups in total. The molecule has 2 aliphatic heterocycles. The van der Waals surface area contributed by atoms with E-state index >= 15 is 0 Å². The van der Waals surface area contributed by atoms with Gasteiger partial charge >= 0.3 is 0 Å². The zero-order valence-electron chi connectivity index (χ0n) is 14.8. The molecule has 2 heterocycles. The number of benzene rings is 1. The number of nitrogens with zero attached hydrogens (tertiary/aromatic N) is 2. The number of ether oxygens (including phenoxy) is 1. The van der Waals surface area contributed by atoms with Gasteiger partial charge in [-0.1, -0.05) is 0 Å². The van der Waals surface area contributed by atoms with Gasteiger partial charge in [0.15, 0.2) is 9.84 Å². The van der Waals surface area contributed by atoms with Crippen molar-refractivity contribution < 1.29 is 26.4 Å². The van der Waals surface area contributed by atoms with Crippen molar-refractivity contribution in [1.82, 2.24) is 9.21 Å². The van der Waals surface area contributed by atoms with Crippen molar-refractivity contribution in [3.63, 3.8) is 0 Å². The summed E-state index contributed by atoms with van der Waals surface area (Å²) in [5, 5.41) is 0. The standard InChI is InChI=1S/C16H21BrN2O6S2/c1-26(21,22)12-4-5-13(17)15(11-12)27(23,24)19-8-6-18(7-9-19)16(20)14-3-2-10-25-14/h4-5,11,14H,2-3,6-10H2,1H3. The highest BCUT2D eigenvalue weighted by Crippen LogP contribution is 2.28. The van der Waals surface area contributed by atoms with Crippen molar-refractivity contribution in [3.05, 3.63) is 22.7 Å². The maximum Gasteiger partial charge on any atom is 0.251 e. The zero-order valence-corrected chi connectivity index (χ0v) is 18.0. The van der Waals surface area contributed by atoms with E-state index in [0.29, 0.717) is 17.5 Å². The minimum absolute atomic E-state index is 0.0588. The average Bonchev–Trinajstić information content (AvgIpc) is 3.15. The van der Waals surface area contributed by atoms with Gasteiger partial charge in [0.2, 0.25) is 10.0 Å². The number of piperazine rings is 1. The highest BCUT2D eigenvalue weighted by Gasteiger charge is 2.35. The number of halogens is 1. The summed E-state index contributed by atoms with van der Waals surface area (Å²) >= 11 is 3.20. The topological polar surface area (TPSA) is 101 Å². The van der Waals surface area contributed by atoms with Crippen LogP contribution in [0.2, 0.25) is 0 Å². The van der Waals surface area contributed by atoms with Gasteiger partial charge in [0.1, 0.15) is 6.10 Å². The molecule has 27 heavy (non-hydrogen) atoms. The molecule has 2 saturated heterocycles. The van der Waals surface area contributed by atoms with E-state index in [1.54, 1.807) is 4.90 Å². The van der Waals surface area contributed by atoms with Gasteiger partial charge in [-0.05, 0) is 47.0 Å². The van der Waals surface area contributed by atoms with E-state index in [-0.39, 0.29) is 41.9 Å². The fraction of sp³-hybridized carbons (Fsp3) is 0.562. The SMILES string of the molecule is CS(=O)(=O)c1ccc(Br)c(S(=O)(=O)N2CCN(C(=O)C3CCCO3)CC2)c1. The lowest BCUT2D eigenvalue weighted by molar-refractivity contribution is -0.142. The van der Waals surface area contributed by atoms with Crippen LogP contribution in [0, 0.1) is 0 Å². The first-order valence-corrected chi connectivity index (χ1v) is 12.6. The minimum atomic E-state index is -3.89. The Kier molecular flexibility index (Phi) is 5.97. The Morgan fingerprint density at radius 3 is 2.37 bits per heavy atom. The molecule has 0 saturated carbocycles. The third kappa shape index (κ3) is 4.37. The van der Waals surface area contributed by atoms with Gasteiger partial charge < -0.3 is 9.64 Å². The Labute approximate surface area is 167 Å². The Morgan fingerprint density at radius 1 is 1.15 bits per heavy atom. The fourth-order valence-electron chi connectivity index (χ4n) is 3.18. The predicted molar refractivity (Wildman–Crippen MR) is 102 cm³/mol. The van der Waals surface area contributed by atoms with Gasteiger partial charge in [0, 0.05) is 43.5 Å². The molecule has 1 aromatic rings. The number of carbonyl (C=O) groups excluding carboxylic acids is 1. The van der Waals surface area contributed by atoms with Crippen LogP contribution in [0.15, 0.2) is 32.5 Å². The molecule has 1 unspecified atom stereocenters. The fourth-order valence-corrected chi connectivity index (χ4v) is 6.27. The number of amides is 1. The zero-order chi connectivity index (χ0) is 19.8.